The van der Waals surface area contributed by atoms with Crippen LogP contribution in [0.4, 0.5) is 5.82 Å². The summed E-state index contributed by atoms with van der Waals surface area (Å²) >= 11 is 0. The van der Waals surface area contributed by atoms with Crippen LogP contribution in [0.15, 0.2) is 42.5 Å². The van der Waals surface area contributed by atoms with Crippen LogP contribution < -0.4 is 4.90 Å². The van der Waals surface area contributed by atoms with E-state index in [1.807, 2.05) is 37.4 Å². The van der Waals surface area contributed by atoms with Gasteiger partial charge in [-0.1, -0.05) is 36.8 Å². The van der Waals surface area contributed by atoms with E-state index in [9.17, 15) is 4.79 Å². The predicted molar refractivity (Wildman–Crippen MR) is 108 cm³/mol. The van der Waals surface area contributed by atoms with Gasteiger partial charge in [0.25, 0.3) is 0 Å². The van der Waals surface area contributed by atoms with Crippen molar-refractivity contribution in [2.24, 2.45) is 0 Å². The van der Waals surface area contributed by atoms with Gasteiger partial charge in [-0.25, -0.2) is 0 Å². The van der Waals surface area contributed by atoms with Crippen LogP contribution in [0.2, 0.25) is 0 Å². The van der Waals surface area contributed by atoms with Gasteiger partial charge in [0.15, 0.2) is 17.3 Å². The Morgan fingerprint density at radius 1 is 1.07 bits per heavy atom. The Morgan fingerprint density at radius 2 is 1.82 bits per heavy atom. The van der Waals surface area contributed by atoms with Crippen molar-refractivity contribution in [1.82, 2.24) is 24.7 Å². The van der Waals surface area contributed by atoms with Gasteiger partial charge in [0, 0.05) is 13.6 Å². The molecule has 3 aromatic rings. The second-order valence-corrected chi connectivity index (χ2v) is 7.47. The molecule has 0 amide bonds. The van der Waals surface area contributed by atoms with Gasteiger partial charge in [-0.3, -0.25) is 9.69 Å². The van der Waals surface area contributed by atoms with Gasteiger partial charge in [-0.05, 0) is 50.6 Å². The SMILES string of the molecule is CC(=O)C(c1nnc2ccc(N(C)Cc3ccccc3)nn12)N1CCCCC1. The zero-order valence-corrected chi connectivity index (χ0v) is 16.5. The highest BCUT2D eigenvalue weighted by molar-refractivity contribution is 5.82. The number of carbonyl (C=O) groups is 1. The van der Waals surface area contributed by atoms with Crippen molar-refractivity contribution in [3.8, 4) is 0 Å². The largest absolute Gasteiger partial charge is 0.354 e. The highest BCUT2D eigenvalue weighted by Crippen LogP contribution is 2.25. The molecule has 1 fully saturated rings. The fraction of sp³-hybridized carbons (Fsp3) is 0.429. The number of fused-ring (bicyclic) bond motifs is 1. The number of nitrogens with zero attached hydrogens (tertiary/aromatic N) is 6. The third-order valence-corrected chi connectivity index (χ3v) is 5.31. The molecule has 0 saturated carbocycles. The molecule has 7 nitrogen and oxygen atoms in total. The third-order valence-electron chi connectivity index (χ3n) is 5.31. The van der Waals surface area contributed by atoms with Gasteiger partial charge in [-0.15, -0.1) is 15.3 Å². The Kier molecular flexibility index (Phi) is 5.34. The van der Waals surface area contributed by atoms with Gasteiger partial charge in [0.05, 0.1) is 0 Å². The first-order valence-corrected chi connectivity index (χ1v) is 9.85. The van der Waals surface area contributed by atoms with E-state index in [2.05, 4.69) is 32.1 Å². The van der Waals surface area contributed by atoms with Crippen LogP contribution in [0.25, 0.3) is 5.65 Å². The number of benzene rings is 1. The van der Waals surface area contributed by atoms with E-state index >= 15 is 0 Å². The summed E-state index contributed by atoms with van der Waals surface area (Å²) in [7, 11) is 2.01. The molecule has 0 aliphatic carbocycles. The molecular weight excluding hydrogens is 352 g/mol. The first kappa shape index (κ1) is 18.6. The van der Waals surface area contributed by atoms with Crippen molar-refractivity contribution in [2.45, 2.75) is 38.8 Å². The zero-order valence-electron chi connectivity index (χ0n) is 16.5. The van der Waals surface area contributed by atoms with Crippen molar-refractivity contribution in [2.75, 3.05) is 25.0 Å². The number of piperidine rings is 1. The summed E-state index contributed by atoms with van der Waals surface area (Å²) < 4.78 is 1.73. The molecule has 0 spiro atoms. The standard InChI is InChI=1S/C21H26N6O/c1-16(28)20(26-13-7-4-8-14-26)21-23-22-18-11-12-19(24-27(18)21)25(2)15-17-9-5-3-6-10-17/h3,5-6,9-12,20H,4,7-8,13-15H2,1-2H3. The van der Waals surface area contributed by atoms with Crippen LogP contribution in [0.1, 0.15) is 43.6 Å². The minimum absolute atomic E-state index is 0.0843. The Morgan fingerprint density at radius 3 is 2.54 bits per heavy atom. The molecule has 3 heterocycles. The van der Waals surface area contributed by atoms with E-state index in [1.165, 1.54) is 12.0 Å². The lowest BCUT2D eigenvalue weighted by Gasteiger charge is -2.31. The van der Waals surface area contributed by atoms with Gasteiger partial charge >= 0.3 is 0 Å². The molecule has 0 bridgehead atoms. The average molecular weight is 378 g/mol. The Balaban J connectivity index is 1.66. The van der Waals surface area contributed by atoms with Crippen LogP contribution in [0.3, 0.4) is 0 Å². The molecule has 1 saturated heterocycles. The summed E-state index contributed by atoms with van der Waals surface area (Å²) in [4.78, 5) is 16.8. The maximum atomic E-state index is 12.5. The highest BCUT2D eigenvalue weighted by Gasteiger charge is 2.30. The molecule has 1 aromatic carbocycles. The van der Waals surface area contributed by atoms with Crippen molar-refractivity contribution < 1.29 is 4.79 Å². The summed E-state index contributed by atoms with van der Waals surface area (Å²) in [5.41, 5.74) is 1.88. The number of rotatable bonds is 6. The average Bonchev–Trinajstić information content (AvgIpc) is 3.12. The number of hydrogen-bond acceptors (Lipinski definition) is 6. The van der Waals surface area contributed by atoms with Crippen molar-refractivity contribution in [1.29, 1.82) is 0 Å². The smallest absolute Gasteiger partial charge is 0.179 e. The predicted octanol–water partition coefficient (Wildman–Crippen LogP) is 2.88. The summed E-state index contributed by atoms with van der Waals surface area (Å²) in [5.74, 6) is 1.51. The van der Waals surface area contributed by atoms with Gasteiger partial charge in [-0.2, -0.15) is 4.52 Å². The molecule has 1 aliphatic heterocycles. The molecule has 146 valence electrons. The topological polar surface area (TPSA) is 66.6 Å². The number of carbonyl (C=O) groups excluding carboxylic acids is 1. The van der Waals surface area contributed by atoms with Crippen LogP contribution in [0, 0.1) is 0 Å². The lowest BCUT2D eigenvalue weighted by Crippen LogP contribution is -2.38. The molecule has 1 atom stereocenters. The minimum Gasteiger partial charge on any atom is -0.354 e. The summed E-state index contributed by atoms with van der Waals surface area (Å²) in [6.45, 7) is 4.20. The highest BCUT2D eigenvalue weighted by atomic mass is 16.1. The number of Topliss-reactive ketones (excluding diaryl/α,β-unsaturated/α-hetero) is 1. The van der Waals surface area contributed by atoms with Gasteiger partial charge < -0.3 is 4.90 Å². The Hall–Kier alpha value is -2.80. The summed E-state index contributed by atoms with van der Waals surface area (Å²) in [6, 6.07) is 13.7. The number of likely N-dealkylation sites (tertiary alicyclic amines) is 1. The summed E-state index contributed by atoms with van der Waals surface area (Å²) in [6.07, 6.45) is 3.44. The van der Waals surface area contributed by atoms with E-state index in [4.69, 9.17) is 5.10 Å². The molecule has 2 aromatic heterocycles. The van der Waals surface area contributed by atoms with Crippen LogP contribution in [0.5, 0.6) is 0 Å². The summed E-state index contributed by atoms with van der Waals surface area (Å²) in [5, 5.41) is 13.4. The van der Waals surface area contributed by atoms with Crippen molar-refractivity contribution >= 4 is 17.2 Å². The molecule has 4 rings (SSSR count). The van der Waals surface area contributed by atoms with E-state index in [-0.39, 0.29) is 5.78 Å². The molecule has 0 N–H and O–H groups in total. The van der Waals surface area contributed by atoms with Gasteiger partial charge in [0.2, 0.25) is 0 Å². The van der Waals surface area contributed by atoms with E-state index < -0.39 is 6.04 Å². The molecule has 1 unspecified atom stereocenters. The molecular formula is C21H26N6O. The second-order valence-electron chi connectivity index (χ2n) is 7.47. The fourth-order valence-electron chi connectivity index (χ4n) is 3.89. The van der Waals surface area contributed by atoms with E-state index in [0.717, 1.165) is 38.3 Å². The zero-order chi connectivity index (χ0) is 19.5. The number of hydrogen-bond donors (Lipinski definition) is 0. The maximum Gasteiger partial charge on any atom is 0.179 e. The monoisotopic (exact) mass is 378 g/mol. The Labute approximate surface area is 165 Å². The van der Waals surface area contributed by atoms with Crippen LogP contribution >= 0.6 is 0 Å². The Bertz CT molecular complexity index is 948. The molecule has 7 heteroatoms. The second kappa shape index (κ2) is 8.06. The van der Waals surface area contributed by atoms with Gasteiger partial charge in [0.1, 0.15) is 11.9 Å². The molecule has 1 aliphatic rings. The first-order valence-electron chi connectivity index (χ1n) is 9.85. The minimum atomic E-state index is -0.391. The lowest BCUT2D eigenvalue weighted by molar-refractivity contribution is -0.123. The van der Waals surface area contributed by atoms with E-state index in [0.29, 0.717) is 11.5 Å². The maximum absolute atomic E-state index is 12.5. The quantitative estimate of drug-likeness (QED) is 0.657. The van der Waals surface area contributed by atoms with Crippen molar-refractivity contribution in [3.05, 3.63) is 53.9 Å². The van der Waals surface area contributed by atoms with Crippen molar-refractivity contribution in [3.63, 3.8) is 0 Å². The third kappa shape index (κ3) is 3.75. The van der Waals surface area contributed by atoms with E-state index in [1.54, 1.807) is 11.4 Å². The first-order chi connectivity index (χ1) is 13.6. The van der Waals surface area contributed by atoms with Crippen LogP contribution in [-0.2, 0) is 11.3 Å². The lowest BCUT2D eigenvalue weighted by atomic mass is 10.1. The fourth-order valence-corrected chi connectivity index (χ4v) is 3.89. The van der Waals surface area contributed by atoms with Crippen LogP contribution in [-0.4, -0.2) is 50.6 Å². The molecule has 28 heavy (non-hydrogen) atoms. The number of ketones is 1. The number of anilines is 1. The number of aromatic nitrogens is 4. The molecule has 0 radical (unpaired) electrons. The normalized spacial score (nSPS) is 16.2.